The Hall–Kier alpha value is -1.04. The largest absolute Gasteiger partial charge is 0.480 e. The van der Waals surface area contributed by atoms with Crippen LogP contribution in [0.2, 0.25) is 0 Å². The molecule has 6 heteroatoms. The van der Waals surface area contributed by atoms with Crippen molar-refractivity contribution in [2.75, 3.05) is 7.11 Å². The number of aliphatic carboxylic acids is 1. The zero-order valence-electron chi connectivity index (χ0n) is 7.27. The summed E-state index contributed by atoms with van der Waals surface area (Å²) in [6.45, 7) is 1.25. The van der Waals surface area contributed by atoms with E-state index in [9.17, 15) is 14.4 Å². The van der Waals surface area contributed by atoms with Crippen molar-refractivity contribution >= 4 is 28.8 Å². The van der Waals surface area contributed by atoms with Gasteiger partial charge < -0.3 is 9.84 Å². The van der Waals surface area contributed by atoms with Crippen LogP contribution < -0.4 is 0 Å². The van der Waals surface area contributed by atoms with Crippen molar-refractivity contribution in [1.82, 2.24) is 0 Å². The minimum absolute atomic E-state index is 0.296. The number of rotatable bonds is 4. The number of carbonyl (C=O) groups is 3. The zero-order chi connectivity index (χ0) is 10.4. The first-order chi connectivity index (χ1) is 5.97. The van der Waals surface area contributed by atoms with E-state index in [1.165, 1.54) is 14.0 Å². The standard InChI is InChI=1S/C7H10O5S/c1-4(8)13-5(7(10)11)3-6(9)12-2/h5H,3H2,1-2H3,(H,10,11)/t5-/m0/s1. The molecule has 0 bridgehead atoms. The molecule has 0 aromatic carbocycles. The summed E-state index contributed by atoms with van der Waals surface area (Å²) >= 11 is 0.612. The molecule has 0 aliphatic rings. The fourth-order valence-electron chi connectivity index (χ4n) is 0.614. The quantitative estimate of drug-likeness (QED) is 0.665. The first-order valence-electron chi connectivity index (χ1n) is 3.44. The van der Waals surface area contributed by atoms with Crippen LogP contribution in [0.5, 0.6) is 0 Å². The van der Waals surface area contributed by atoms with Crippen molar-refractivity contribution in [3.05, 3.63) is 0 Å². The molecule has 1 N–H and O–H groups in total. The van der Waals surface area contributed by atoms with Gasteiger partial charge in [0, 0.05) is 6.92 Å². The van der Waals surface area contributed by atoms with E-state index in [0.717, 1.165) is 0 Å². The first kappa shape index (κ1) is 12.0. The molecule has 0 aliphatic heterocycles. The fourth-order valence-corrected chi connectivity index (χ4v) is 1.34. The lowest BCUT2D eigenvalue weighted by atomic mass is 10.3. The molecular formula is C7H10O5S. The van der Waals surface area contributed by atoms with Crippen LogP contribution in [0.25, 0.3) is 0 Å². The number of ether oxygens (including phenoxy) is 1. The highest BCUT2D eigenvalue weighted by Crippen LogP contribution is 2.16. The number of esters is 1. The van der Waals surface area contributed by atoms with E-state index in [0.29, 0.717) is 11.8 Å². The van der Waals surface area contributed by atoms with Crippen LogP contribution in [0.1, 0.15) is 13.3 Å². The number of thioether (sulfide) groups is 1. The van der Waals surface area contributed by atoms with Crippen molar-refractivity contribution in [3.8, 4) is 0 Å². The van der Waals surface area contributed by atoms with Gasteiger partial charge in [-0.25, -0.2) is 0 Å². The molecule has 0 amide bonds. The molecule has 0 heterocycles. The van der Waals surface area contributed by atoms with Crippen LogP contribution in [0.4, 0.5) is 0 Å². The second kappa shape index (κ2) is 5.58. The summed E-state index contributed by atoms with van der Waals surface area (Å²) in [6.07, 6.45) is -0.296. The van der Waals surface area contributed by atoms with Gasteiger partial charge in [-0.05, 0) is 0 Å². The predicted octanol–water partition coefficient (Wildman–Crippen LogP) is 0.282. The molecule has 0 saturated heterocycles. The Labute approximate surface area is 79.4 Å². The van der Waals surface area contributed by atoms with E-state index >= 15 is 0 Å². The third-order valence-electron chi connectivity index (χ3n) is 1.16. The van der Waals surface area contributed by atoms with Gasteiger partial charge in [-0.15, -0.1) is 0 Å². The van der Waals surface area contributed by atoms with Gasteiger partial charge in [-0.3, -0.25) is 14.4 Å². The lowest BCUT2D eigenvalue weighted by Crippen LogP contribution is -2.22. The Morgan fingerprint density at radius 2 is 2.00 bits per heavy atom. The Bertz CT molecular complexity index is 225. The molecule has 0 radical (unpaired) electrons. The topological polar surface area (TPSA) is 80.7 Å². The molecule has 0 aromatic rings. The van der Waals surface area contributed by atoms with Gasteiger partial charge in [0.15, 0.2) is 5.12 Å². The summed E-state index contributed by atoms with van der Waals surface area (Å²) in [5.41, 5.74) is 0. The van der Waals surface area contributed by atoms with Gasteiger partial charge in [-0.2, -0.15) is 0 Å². The Kier molecular flexibility index (Phi) is 5.13. The van der Waals surface area contributed by atoms with Gasteiger partial charge >= 0.3 is 11.9 Å². The molecule has 0 saturated carbocycles. The summed E-state index contributed by atoms with van der Waals surface area (Å²) in [5.74, 6) is -1.83. The number of carboxylic acid groups (broad SMARTS) is 1. The van der Waals surface area contributed by atoms with E-state index in [4.69, 9.17) is 5.11 Å². The van der Waals surface area contributed by atoms with E-state index in [-0.39, 0.29) is 11.5 Å². The highest BCUT2D eigenvalue weighted by atomic mass is 32.2. The first-order valence-corrected chi connectivity index (χ1v) is 4.32. The highest BCUT2D eigenvalue weighted by Gasteiger charge is 2.23. The van der Waals surface area contributed by atoms with Crippen molar-refractivity contribution in [2.24, 2.45) is 0 Å². The molecule has 0 spiro atoms. The lowest BCUT2D eigenvalue weighted by molar-refractivity contribution is -0.145. The predicted molar refractivity (Wildman–Crippen MR) is 46.3 cm³/mol. The lowest BCUT2D eigenvalue weighted by Gasteiger charge is -2.07. The molecule has 0 aromatic heterocycles. The third kappa shape index (κ3) is 5.24. The maximum absolute atomic E-state index is 10.7. The normalized spacial score (nSPS) is 11.8. The molecule has 74 valence electrons. The molecule has 0 fully saturated rings. The van der Waals surface area contributed by atoms with Crippen LogP contribution in [-0.2, 0) is 19.1 Å². The van der Waals surface area contributed by atoms with Crippen LogP contribution in [0, 0.1) is 0 Å². The van der Waals surface area contributed by atoms with Crippen LogP contribution in [0.3, 0.4) is 0 Å². The molecule has 5 nitrogen and oxygen atoms in total. The summed E-state index contributed by atoms with van der Waals surface area (Å²) in [7, 11) is 1.17. The van der Waals surface area contributed by atoms with Crippen molar-refractivity contribution < 1.29 is 24.2 Å². The van der Waals surface area contributed by atoms with Crippen LogP contribution in [0.15, 0.2) is 0 Å². The zero-order valence-corrected chi connectivity index (χ0v) is 8.09. The van der Waals surface area contributed by atoms with Crippen molar-refractivity contribution in [2.45, 2.75) is 18.6 Å². The van der Waals surface area contributed by atoms with Crippen molar-refractivity contribution in [3.63, 3.8) is 0 Å². The molecule has 1 atom stereocenters. The Morgan fingerprint density at radius 1 is 1.46 bits per heavy atom. The molecular weight excluding hydrogens is 196 g/mol. The number of hydrogen-bond donors (Lipinski definition) is 1. The highest BCUT2D eigenvalue weighted by molar-refractivity contribution is 8.14. The van der Waals surface area contributed by atoms with Gasteiger partial charge in [0.2, 0.25) is 0 Å². The van der Waals surface area contributed by atoms with Gasteiger partial charge in [0.1, 0.15) is 5.25 Å². The average molecular weight is 206 g/mol. The van der Waals surface area contributed by atoms with Crippen molar-refractivity contribution in [1.29, 1.82) is 0 Å². The van der Waals surface area contributed by atoms with E-state index < -0.39 is 17.2 Å². The van der Waals surface area contributed by atoms with E-state index in [1.54, 1.807) is 0 Å². The number of methoxy groups -OCH3 is 1. The van der Waals surface area contributed by atoms with E-state index in [1.807, 2.05) is 0 Å². The minimum Gasteiger partial charge on any atom is -0.480 e. The average Bonchev–Trinajstić information content (AvgIpc) is 2.02. The fraction of sp³-hybridized carbons (Fsp3) is 0.571. The second-order valence-corrected chi connectivity index (χ2v) is 3.60. The van der Waals surface area contributed by atoms with Gasteiger partial charge in [0.25, 0.3) is 0 Å². The Balaban J connectivity index is 4.18. The Morgan fingerprint density at radius 3 is 2.31 bits per heavy atom. The maximum atomic E-state index is 10.7. The second-order valence-electron chi connectivity index (χ2n) is 2.22. The summed E-state index contributed by atoms with van der Waals surface area (Å²) in [4.78, 5) is 31.8. The molecule has 13 heavy (non-hydrogen) atoms. The van der Waals surface area contributed by atoms with Gasteiger partial charge in [0.05, 0.1) is 13.5 Å². The smallest absolute Gasteiger partial charge is 0.317 e. The van der Waals surface area contributed by atoms with Gasteiger partial charge in [-0.1, -0.05) is 11.8 Å². The maximum Gasteiger partial charge on any atom is 0.317 e. The van der Waals surface area contributed by atoms with Crippen LogP contribution in [-0.4, -0.2) is 34.5 Å². The number of carbonyl (C=O) groups excluding carboxylic acids is 2. The summed E-state index contributed by atoms with van der Waals surface area (Å²) in [6, 6.07) is 0. The molecule has 0 unspecified atom stereocenters. The van der Waals surface area contributed by atoms with Crippen LogP contribution >= 0.6 is 11.8 Å². The monoisotopic (exact) mass is 206 g/mol. The summed E-state index contributed by atoms with van der Waals surface area (Å²) < 4.78 is 4.29. The minimum atomic E-state index is -1.19. The van der Waals surface area contributed by atoms with E-state index in [2.05, 4.69) is 4.74 Å². The molecule has 0 rings (SSSR count). The number of carboxylic acids is 1. The number of hydrogen-bond acceptors (Lipinski definition) is 5. The molecule has 0 aliphatic carbocycles. The SMILES string of the molecule is COC(=O)C[C@H](SC(C)=O)C(=O)O. The summed E-state index contributed by atoms with van der Waals surface area (Å²) in [5, 5.41) is 7.20. The third-order valence-corrected chi connectivity index (χ3v) is 2.15.